The van der Waals surface area contributed by atoms with Crippen molar-refractivity contribution in [1.29, 1.82) is 0 Å². The number of aliphatic hydroxyl groups is 1. The van der Waals surface area contributed by atoms with Gasteiger partial charge >= 0.3 is 5.97 Å². The van der Waals surface area contributed by atoms with Crippen LogP contribution < -0.4 is 0 Å². The number of aliphatic hydroxyl groups excluding tert-OH is 1. The molecule has 2 N–H and O–H groups in total. The number of carboxylic acid groups (broad SMARTS) is 1. The van der Waals surface area contributed by atoms with Gasteiger partial charge in [0.15, 0.2) is 8.32 Å². The van der Waals surface area contributed by atoms with Crippen LogP contribution in [-0.4, -0.2) is 37.2 Å². The Bertz CT molecular complexity index is 363. The first kappa shape index (κ1) is 24.6. The van der Waals surface area contributed by atoms with Gasteiger partial charge in [-0.2, -0.15) is 0 Å². The summed E-state index contributed by atoms with van der Waals surface area (Å²) >= 11 is 0. The Morgan fingerprint density at radius 3 is 2.08 bits per heavy atom. The number of hydrogen-bond donors (Lipinski definition) is 2. The third-order valence-electron chi connectivity index (χ3n) is 5.56. The van der Waals surface area contributed by atoms with Crippen LogP contribution >= 0.6 is 0 Å². The largest absolute Gasteiger partial charge is 0.481 e. The maximum Gasteiger partial charge on any atom is 0.309 e. The van der Waals surface area contributed by atoms with Crippen molar-refractivity contribution >= 4 is 14.3 Å². The monoisotopic (exact) mass is 374 g/mol. The molecule has 25 heavy (non-hydrogen) atoms. The first-order valence-corrected chi connectivity index (χ1v) is 13.0. The summed E-state index contributed by atoms with van der Waals surface area (Å²) in [5, 5.41) is 19.8. The topological polar surface area (TPSA) is 66.8 Å². The summed E-state index contributed by atoms with van der Waals surface area (Å²) in [6.07, 6.45) is 7.48. The van der Waals surface area contributed by atoms with Gasteiger partial charge in [-0.05, 0) is 37.4 Å². The molecular formula is C20H42O4Si. The first-order chi connectivity index (χ1) is 11.5. The van der Waals surface area contributed by atoms with Crippen LogP contribution in [0.2, 0.25) is 18.1 Å². The van der Waals surface area contributed by atoms with Crippen LogP contribution in [0.5, 0.6) is 0 Å². The van der Waals surface area contributed by atoms with Crippen molar-refractivity contribution in [3.05, 3.63) is 0 Å². The molecule has 150 valence electrons. The van der Waals surface area contributed by atoms with Gasteiger partial charge in [0.25, 0.3) is 0 Å². The van der Waals surface area contributed by atoms with Crippen molar-refractivity contribution in [3.8, 4) is 0 Å². The molecule has 0 amide bonds. The van der Waals surface area contributed by atoms with Gasteiger partial charge in [0, 0.05) is 6.61 Å². The molecule has 0 aliphatic carbocycles. The van der Waals surface area contributed by atoms with Gasteiger partial charge < -0.3 is 14.6 Å². The second-order valence-electron chi connectivity index (χ2n) is 8.82. The molecule has 0 fully saturated rings. The van der Waals surface area contributed by atoms with Crippen LogP contribution in [0.15, 0.2) is 0 Å². The van der Waals surface area contributed by atoms with E-state index >= 15 is 0 Å². The average molecular weight is 375 g/mol. The Labute approximate surface area is 156 Å². The molecule has 2 atom stereocenters. The summed E-state index contributed by atoms with van der Waals surface area (Å²) in [7, 11) is -1.67. The van der Waals surface area contributed by atoms with Crippen molar-refractivity contribution in [2.24, 2.45) is 5.92 Å². The van der Waals surface area contributed by atoms with Crippen LogP contribution in [0.25, 0.3) is 0 Å². The fourth-order valence-corrected chi connectivity index (χ4v) is 3.74. The lowest BCUT2D eigenvalue weighted by Gasteiger charge is -2.36. The SMILES string of the molecule is CCCCCCC(C(=O)O)C(O)CCCCCO[Si](C)(C)C(C)(C)C. The molecule has 0 rings (SSSR count). The molecule has 0 aliphatic heterocycles. The number of rotatable bonds is 14. The predicted molar refractivity (Wildman–Crippen MR) is 108 cm³/mol. The quantitative estimate of drug-likeness (QED) is 0.307. The number of hydrogen-bond acceptors (Lipinski definition) is 3. The molecule has 0 saturated heterocycles. The maximum atomic E-state index is 11.4. The summed E-state index contributed by atoms with van der Waals surface area (Å²) in [5.41, 5.74) is 0. The smallest absolute Gasteiger partial charge is 0.309 e. The Morgan fingerprint density at radius 1 is 1.00 bits per heavy atom. The van der Waals surface area contributed by atoms with Crippen molar-refractivity contribution < 1.29 is 19.4 Å². The van der Waals surface area contributed by atoms with E-state index in [1.165, 1.54) is 0 Å². The van der Waals surface area contributed by atoms with E-state index in [0.717, 1.165) is 51.6 Å². The lowest BCUT2D eigenvalue weighted by molar-refractivity contribution is -0.146. The Morgan fingerprint density at radius 2 is 1.56 bits per heavy atom. The van der Waals surface area contributed by atoms with Crippen LogP contribution in [0, 0.1) is 5.92 Å². The van der Waals surface area contributed by atoms with E-state index in [0.29, 0.717) is 12.8 Å². The highest BCUT2D eigenvalue weighted by atomic mass is 28.4. The molecule has 0 aliphatic rings. The van der Waals surface area contributed by atoms with E-state index in [-0.39, 0.29) is 5.04 Å². The van der Waals surface area contributed by atoms with Gasteiger partial charge in [-0.15, -0.1) is 0 Å². The van der Waals surface area contributed by atoms with Crippen molar-refractivity contribution in [1.82, 2.24) is 0 Å². The Hall–Kier alpha value is -0.393. The molecule has 0 saturated carbocycles. The maximum absolute atomic E-state index is 11.4. The first-order valence-electron chi connectivity index (χ1n) is 10.1. The molecule has 0 aromatic heterocycles. The number of unbranched alkanes of at least 4 members (excludes halogenated alkanes) is 5. The molecular weight excluding hydrogens is 332 g/mol. The molecule has 0 spiro atoms. The number of aliphatic carboxylic acids is 1. The highest BCUT2D eigenvalue weighted by Gasteiger charge is 2.36. The van der Waals surface area contributed by atoms with Crippen molar-refractivity contribution in [3.63, 3.8) is 0 Å². The van der Waals surface area contributed by atoms with E-state index in [2.05, 4.69) is 40.8 Å². The number of carbonyl (C=O) groups is 1. The zero-order valence-electron chi connectivity index (χ0n) is 17.4. The third-order valence-corrected chi connectivity index (χ3v) is 10.1. The summed E-state index contributed by atoms with van der Waals surface area (Å²) in [6.45, 7) is 14.1. The summed E-state index contributed by atoms with van der Waals surface area (Å²) in [5.74, 6) is -1.47. The number of carboxylic acids is 1. The molecule has 0 aromatic rings. The van der Waals surface area contributed by atoms with Gasteiger partial charge in [-0.1, -0.05) is 66.2 Å². The van der Waals surface area contributed by atoms with Crippen molar-refractivity contribution in [2.75, 3.05) is 6.61 Å². The van der Waals surface area contributed by atoms with E-state index in [4.69, 9.17) is 4.43 Å². The van der Waals surface area contributed by atoms with E-state index in [1.807, 2.05) is 0 Å². The highest BCUT2D eigenvalue weighted by molar-refractivity contribution is 6.74. The molecule has 0 heterocycles. The van der Waals surface area contributed by atoms with Gasteiger partial charge in [0.05, 0.1) is 12.0 Å². The minimum Gasteiger partial charge on any atom is -0.481 e. The van der Waals surface area contributed by atoms with Gasteiger partial charge in [-0.25, -0.2) is 0 Å². The lowest BCUT2D eigenvalue weighted by atomic mass is 9.92. The third kappa shape index (κ3) is 10.4. The molecule has 5 heteroatoms. The zero-order chi connectivity index (χ0) is 19.5. The molecule has 4 nitrogen and oxygen atoms in total. The summed E-state index contributed by atoms with van der Waals surface area (Å²) in [6, 6.07) is 0. The lowest BCUT2D eigenvalue weighted by Crippen LogP contribution is -2.40. The predicted octanol–water partition coefficient (Wildman–Crippen LogP) is 5.60. The second-order valence-corrected chi connectivity index (χ2v) is 13.6. The minimum absolute atomic E-state index is 0.232. The van der Waals surface area contributed by atoms with Crippen molar-refractivity contribution in [2.45, 2.75) is 110 Å². The standard InChI is InChI=1S/C20H42O4Si/c1-7-8-9-11-14-17(19(22)23)18(21)15-12-10-13-16-24-25(5,6)20(2,3)4/h17-18,21H,7-16H2,1-6H3,(H,22,23). The van der Waals surface area contributed by atoms with E-state index in [9.17, 15) is 15.0 Å². The fraction of sp³-hybridized carbons (Fsp3) is 0.950. The summed E-state index contributed by atoms with van der Waals surface area (Å²) < 4.78 is 6.14. The van der Waals surface area contributed by atoms with Crippen LogP contribution in [0.1, 0.15) is 85.5 Å². The zero-order valence-corrected chi connectivity index (χ0v) is 18.4. The Kier molecular flexibility index (Phi) is 11.9. The Balaban J connectivity index is 3.99. The average Bonchev–Trinajstić information content (AvgIpc) is 2.48. The molecule has 0 bridgehead atoms. The molecule has 0 radical (unpaired) electrons. The summed E-state index contributed by atoms with van der Waals surface area (Å²) in [4.78, 5) is 11.4. The van der Waals surface area contributed by atoms with Gasteiger partial charge in [0.1, 0.15) is 0 Å². The fourth-order valence-electron chi connectivity index (χ4n) is 2.65. The van der Waals surface area contributed by atoms with Crippen LogP contribution in [0.4, 0.5) is 0 Å². The molecule has 0 aromatic carbocycles. The van der Waals surface area contributed by atoms with E-state index < -0.39 is 26.3 Å². The van der Waals surface area contributed by atoms with E-state index in [1.54, 1.807) is 0 Å². The minimum atomic E-state index is -1.67. The highest BCUT2D eigenvalue weighted by Crippen LogP contribution is 2.36. The van der Waals surface area contributed by atoms with Gasteiger partial charge in [-0.3, -0.25) is 4.79 Å². The van der Waals surface area contributed by atoms with Crippen LogP contribution in [0.3, 0.4) is 0 Å². The normalized spacial score (nSPS) is 15.2. The van der Waals surface area contributed by atoms with Crippen LogP contribution in [-0.2, 0) is 9.22 Å². The second kappa shape index (κ2) is 12.1. The molecule has 2 unspecified atom stereocenters. The van der Waals surface area contributed by atoms with Gasteiger partial charge in [0.2, 0.25) is 0 Å².